The number of rotatable bonds is 2. The van der Waals surface area contributed by atoms with Gasteiger partial charge in [0.25, 0.3) is 0 Å². The Balaban J connectivity index is 2.37. The maximum Gasteiger partial charge on any atom is 0.0659 e. The van der Waals surface area contributed by atoms with Crippen molar-refractivity contribution >= 4 is 8.07 Å². The average Bonchev–Trinajstić information content (AvgIpc) is 1.85. The normalized spacial score (nSPS) is 24.0. The van der Waals surface area contributed by atoms with Crippen LogP contribution >= 0.6 is 0 Å². The molecule has 2 heteroatoms. The van der Waals surface area contributed by atoms with Crippen molar-refractivity contribution in [2.24, 2.45) is 0 Å². The van der Waals surface area contributed by atoms with Gasteiger partial charge in [0.05, 0.1) is 8.07 Å². The van der Waals surface area contributed by atoms with Crippen molar-refractivity contribution in [2.45, 2.75) is 37.9 Å². The van der Waals surface area contributed by atoms with Crippen LogP contribution in [0, 0.1) is 0 Å². The zero-order valence-corrected chi connectivity index (χ0v) is 9.19. The number of nitrogens with zero attached hydrogens (tertiary/aromatic N) is 1. The van der Waals surface area contributed by atoms with E-state index in [-0.39, 0.29) is 0 Å². The summed E-state index contributed by atoms with van der Waals surface area (Å²) in [6.07, 6.45) is 5.93. The Morgan fingerprint density at radius 2 is 1.64 bits per heavy atom. The zero-order chi connectivity index (χ0) is 8.32. The lowest BCUT2D eigenvalue weighted by Gasteiger charge is -2.33. The third-order valence-corrected chi connectivity index (χ3v) is 7.28. The molecule has 1 fully saturated rings. The third-order valence-electron chi connectivity index (χ3n) is 2.76. The first-order chi connectivity index (χ1) is 5.12. The van der Waals surface area contributed by atoms with Gasteiger partial charge >= 0.3 is 0 Å². The minimum absolute atomic E-state index is 0.774. The minimum Gasteiger partial charge on any atom is -0.312 e. The van der Waals surface area contributed by atoms with E-state index in [0.29, 0.717) is 0 Å². The van der Waals surface area contributed by atoms with Gasteiger partial charge in [0.15, 0.2) is 0 Å². The molecule has 0 N–H and O–H groups in total. The molecule has 0 atom stereocenters. The molecule has 1 nitrogen and oxygen atoms in total. The quantitative estimate of drug-likeness (QED) is 0.577. The minimum atomic E-state index is -0.774. The van der Waals surface area contributed by atoms with Crippen LogP contribution in [0.5, 0.6) is 0 Å². The van der Waals surface area contributed by atoms with Gasteiger partial charge in [-0.15, -0.1) is 0 Å². The summed E-state index contributed by atoms with van der Waals surface area (Å²) in [7, 11) is 3.66. The molecule has 0 aromatic heterocycles. The molecule has 0 bridgehead atoms. The fourth-order valence-corrected chi connectivity index (χ4v) is 6.63. The van der Waals surface area contributed by atoms with E-state index in [1.807, 2.05) is 0 Å². The molecule has 0 unspecified atom stereocenters. The molecule has 1 heterocycles. The highest BCUT2D eigenvalue weighted by Gasteiger charge is 2.29. The molecule has 11 heavy (non-hydrogen) atoms. The van der Waals surface area contributed by atoms with Crippen LogP contribution < -0.4 is 0 Å². The molecule has 0 aromatic rings. The molecule has 1 aliphatic rings. The summed E-state index contributed by atoms with van der Waals surface area (Å²) < 4.78 is 0. The predicted octanol–water partition coefficient (Wildman–Crippen LogP) is 2.35. The van der Waals surface area contributed by atoms with Crippen LogP contribution in [0.2, 0.25) is 18.6 Å². The SMILES string of the molecule is CN(C)C[Si]1(C)CCCCC1. The Kier molecular flexibility index (Phi) is 3.13. The Bertz CT molecular complexity index is 117. The Morgan fingerprint density at radius 1 is 1.09 bits per heavy atom. The molecule has 0 spiro atoms. The number of hydrogen-bond acceptors (Lipinski definition) is 1. The van der Waals surface area contributed by atoms with Crippen LogP contribution in [0.15, 0.2) is 0 Å². The second-order valence-electron chi connectivity index (χ2n) is 4.61. The number of hydrogen-bond donors (Lipinski definition) is 0. The highest BCUT2D eigenvalue weighted by atomic mass is 28.3. The van der Waals surface area contributed by atoms with Gasteiger partial charge in [0.1, 0.15) is 0 Å². The lowest BCUT2D eigenvalue weighted by molar-refractivity contribution is 0.463. The standard InChI is InChI=1S/C9H21NSi/c1-10(2)9-11(3)7-5-4-6-8-11/h4-9H2,1-3H3. The first-order valence-corrected chi connectivity index (χ1v) is 7.89. The largest absolute Gasteiger partial charge is 0.312 e. The zero-order valence-electron chi connectivity index (χ0n) is 8.19. The van der Waals surface area contributed by atoms with Gasteiger partial charge in [-0.1, -0.05) is 37.9 Å². The van der Waals surface area contributed by atoms with E-state index in [9.17, 15) is 0 Å². The molecule has 0 saturated carbocycles. The van der Waals surface area contributed by atoms with Crippen LogP contribution in [0.1, 0.15) is 19.3 Å². The van der Waals surface area contributed by atoms with E-state index < -0.39 is 8.07 Å². The maximum atomic E-state index is 2.58. The maximum absolute atomic E-state index is 2.58. The van der Waals surface area contributed by atoms with Crippen LogP contribution in [0.4, 0.5) is 0 Å². The summed E-state index contributed by atoms with van der Waals surface area (Å²) in [6, 6.07) is 3.15. The smallest absolute Gasteiger partial charge is 0.0659 e. The summed E-state index contributed by atoms with van der Waals surface area (Å²) in [4.78, 5) is 2.39. The van der Waals surface area contributed by atoms with E-state index in [0.717, 1.165) is 0 Å². The van der Waals surface area contributed by atoms with E-state index in [4.69, 9.17) is 0 Å². The second kappa shape index (κ2) is 3.72. The summed E-state index contributed by atoms with van der Waals surface area (Å²) in [5, 5.41) is 0. The van der Waals surface area contributed by atoms with E-state index in [2.05, 4.69) is 25.5 Å². The molecule has 66 valence electrons. The summed E-state index contributed by atoms with van der Waals surface area (Å²) in [5.41, 5.74) is 0. The average molecular weight is 171 g/mol. The first-order valence-electron chi connectivity index (χ1n) is 4.77. The van der Waals surface area contributed by atoms with Gasteiger partial charge in [-0.05, 0) is 20.3 Å². The molecular formula is C9H21NSi. The molecule has 0 aromatic carbocycles. The lowest BCUT2D eigenvalue weighted by atomic mass is 10.3. The van der Waals surface area contributed by atoms with E-state index in [1.54, 1.807) is 12.1 Å². The van der Waals surface area contributed by atoms with E-state index in [1.165, 1.54) is 25.4 Å². The molecule has 1 saturated heterocycles. The Labute approximate surface area is 71.8 Å². The van der Waals surface area contributed by atoms with Crippen molar-refractivity contribution in [3.05, 3.63) is 0 Å². The monoisotopic (exact) mass is 171 g/mol. The molecule has 0 amide bonds. The summed E-state index contributed by atoms with van der Waals surface area (Å²) >= 11 is 0. The van der Waals surface area contributed by atoms with Crippen LogP contribution in [-0.4, -0.2) is 33.2 Å². The predicted molar refractivity (Wildman–Crippen MR) is 53.6 cm³/mol. The highest BCUT2D eigenvalue weighted by Crippen LogP contribution is 2.28. The molecular weight excluding hydrogens is 150 g/mol. The summed E-state index contributed by atoms with van der Waals surface area (Å²) in [5.74, 6) is 0. The third kappa shape index (κ3) is 2.95. The van der Waals surface area contributed by atoms with Gasteiger partial charge in [0, 0.05) is 0 Å². The summed E-state index contributed by atoms with van der Waals surface area (Å²) in [6.45, 7) is 2.58. The Hall–Kier alpha value is 0.177. The van der Waals surface area contributed by atoms with Crippen molar-refractivity contribution < 1.29 is 0 Å². The van der Waals surface area contributed by atoms with Gasteiger partial charge < -0.3 is 4.90 Å². The lowest BCUT2D eigenvalue weighted by Crippen LogP contribution is -2.43. The fourth-order valence-electron chi connectivity index (χ4n) is 2.33. The fraction of sp³-hybridized carbons (Fsp3) is 1.00. The molecule has 0 radical (unpaired) electrons. The van der Waals surface area contributed by atoms with Gasteiger partial charge in [-0.3, -0.25) is 0 Å². The van der Waals surface area contributed by atoms with Crippen molar-refractivity contribution in [1.29, 1.82) is 0 Å². The van der Waals surface area contributed by atoms with Crippen molar-refractivity contribution in [1.82, 2.24) is 4.90 Å². The van der Waals surface area contributed by atoms with Gasteiger partial charge in [-0.2, -0.15) is 0 Å². The van der Waals surface area contributed by atoms with Crippen LogP contribution in [0.3, 0.4) is 0 Å². The first kappa shape index (κ1) is 9.27. The molecule has 0 aliphatic carbocycles. The van der Waals surface area contributed by atoms with E-state index >= 15 is 0 Å². The topological polar surface area (TPSA) is 3.24 Å². The van der Waals surface area contributed by atoms with Crippen LogP contribution in [0.25, 0.3) is 0 Å². The van der Waals surface area contributed by atoms with Crippen molar-refractivity contribution in [3.63, 3.8) is 0 Å². The van der Waals surface area contributed by atoms with Crippen LogP contribution in [-0.2, 0) is 0 Å². The second-order valence-corrected chi connectivity index (χ2v) is 9.55. The van der Waals surface area contributed by atoms with Crippen molar-refractivity contribution in [3.8, 4) is 0 Å². The van der Waals surface area contributed by atoms with Gasteiger partial charge in [0.2, 0.25) is 0 Å². The van der Waals surface area contributed by atoms with Gasteiger partial charge in [-0.25, -0.2) is 0 Å². The molecule has 1 aliphatic heterocycles. The molecule has 1 rings (SSSR count). The Morgan fingerprint density at radius 3 is 2.09 bits per heavy atom. The highest BCUT2D eigenvalue weighted by molar-refractivity contribution is 6.79. The van der Waals surface area contributed by atoms with Crippen molar-refractivity contribution in [2.75, 3.05) is 20.3 Å².